The summed E-state index contributed by atoms with van der Waals surface area (Å²) in [5.41, 5.74) is -2.43. The molecule has 0 fully saturated rings. The summed E-state index contributed by atoms with van der Waals surface area (Å²) in [5, 5.41) is 9.20. The van der Waals surface area contributed by atoms with Crippen LogP contribution in [0.1, 0.15) is 11.6 Å². The molecule has 8 heteroatoms. The Bertz CT molecular complexity index is 753. The number of aromatic amines is 2. The van der Waals surface area contributed by atoms with Crippen molar-refractivity contribution in [2.24, 2.45) is 0 Å². The molecule has 1 aromatic heterocycles. The van der Waals surface area contributed by atoms with Crippen LogP contribution in [-0.2, 0) is 11.2 Å². The number of hydrogen-bond acceptors (Lipinski definition) is 4. The lowest BCUT2D eigenvalue weighted by atomic mass is 10.1. The highest BCUT2D eigenvalue weighted by Crippen LogP contribution is 2.11. The highest BCUT2D eigenvalue weighted by molar-refractivity contribution is 5.72. The summed E-state index contributed by atoms with van der Waals surface area (Å²) in [7, 11) is 0. The van der Waals surface area contributed by atoms with Crippen molar-refractivity contribution in [3.8, 4) is 0 Å². The van der Waals surface area contributed by atoms with E-state index in [1.807, 2.05) is 9.97 Å². The van der Waals surface area contributed by atoms with Gasteiger partial charge in [-0.3, -0.25) is 9.97 Å². The van der Waals surface area contributed by atoms with Gasteiger partial charge in [-0.05, 0) is 5.56 Å². The maximum Gasteiger partial charge on any atom is 0.334 e. The van der Waals surface area contributed by atoms with Crippen molar-refractivity contribution in [2.75, 3.05) is 0 Å². The number of carbonyl (C=O) groups is 1. The van der Waals surface area contributed by atoms with E-state index in [1.165, 1.54) is 0 Å². The normalized spacial score (nSPS) is 12.0. The molecule has 0 aliphatic carbocycles. The second-order valence-corrected chi connectivity index (χ2v) is 4.10. The minimum atomic E-state index is -1.40. The van der Waals surface area contributed by atoms with Gasteiger partial charge in [-0.1, -0.05) is 30.3 Å². The minimum Gasteiger partial charge on any atom is -0.480 e. The van der Waals surface area contributed by atoms with E-state index in [2.05, 4.69) is 0 Å². The fraction of sp³-hybridized carbons (Fsp3) is 0.167. The third-order valence-corrected chi connectivity index (χ3v) is 2.75. The molecule has 0 radical (unpaired) electrons. The van der Waals surface area contributed by atoms with Crippen LogP contribution < -0.4 is 17.1 Å². The quantitative estimate of drug-likeness (QED) is 0.667. The van der Waals surface area contributed by atoms with Crippen LogP contribution in [-0.4, -0.2) is 25.6 Å². The summed E-state index contributed by atoms with van der Waals surface area (Å²) < 4.78 is 0.483. The van der Waals surface area contributed by atoms with Crippen molar-refractivity contribution < 1.29 is 9.90 Å². The van der Waals surface area contributed by atoms with Gasteiger partial charge in [0.15, 0.2) is 0 Å². The van der Waals surface area contributed by atoms with Gasteiger partial charge in [-0.2, -0.15) is 0 Å². The molecule has 20 heavy (non-hydrogen) atoms. The van der Waals surface area contributed by atoms with E-state index in [4.69, 9.17) is 0 Å². The second-order valence-electron chi connectivity index (χ2n) is 4.10. The van der Waals surface area contributed by atoms with Crippen LogP contribution >= 0.6 is 0 Å². The van der Waals surface area contributed by atoms with Crippen LogP contribution in [0.15, 0.2) is 44.7 Å². The topological polar surface area (TPSA) is 125 Å². The first-order chi connectivity index (χ1) is 9.49. The van der Waals surface area contributed by atoms with Gasteiger partial charge < -0.3 is 5.11 Å². The van der Waals surface area contributed by atoms with Crippen LogP contribution in [0.5, 0.6) is 0 Å². The van der Waals surface area contributed by atoms with E-state index in [1.54, 1.807) is 30.3 Å². The summed E-state index contributed by atoms with van der Waals surface area (Å²) in [6, 6.07) is 7.16. The minimum absolute atomic E-state index is 0.0504. The number of H-pyrrole nitrogens is 2. The average molecular weight is 277 g/mol. The van der Waals surface area contributed by atoms with E-state index in [0.717, 1.165) is 0 Å². The fourth-order valence-corrected chi connectivity index (χ4v) is 1.85. The first kappa shape index (κ1) is 13.5. The lowest BCUT2D eigenvalue weighted by Crippen LogP contribution is -2.47. The number of nitrogens with zero attached hydrogens (tertiary/aromatic N) is 1. The first-order valence-electron chi connectivity index (χ1n) is 5.71. The Hall–Kier alpha value is -2.90. The van der Waals surface area contributed by atoms with E-state index in [0.29, 0.717) is 10.1 Å². The Morgan fingerprint density at radius 1 is 1.10 bits per heavy atom. The Labute approximate surface area is 111 Å². The van der Waals surface area contributed by atoms with E-state index >= 15 is 0 Å². The molecule has 0 aliphatic rings. The van der Waals surface area contributed by atoms with Crippen LogP contribution in [0.3, 0.4) is 0 Å². The van der Waals surface area contributed by atoms with Gasteiger partial charge >= 0.3 is 23.0 Å². The van der Waals surface area contributed by atoms with Gasteiger partial charge in [-0.25, -0.2) is 23.7 Å². The number of carboxylic acids is 1. The summed E-state index contributed by atoms with van der Waals surface area (Å²) >= 11 is 0. The van der Waals surface area contributed by atoms with Crippen molar-refractivity contribution in [1.29, 1.82) is 0 Å². The van der Waals surface area contributed by atoms with E-state index in [-0.39, 0.29) is 6.42 Å². The van der Waals surface area contributed by atoms with Gasteiger partial charge in [0.1, 0.15) is 6.04 Å². The van der Waals surface area contributed by atoms with Gasteiger partial charge in [-0.15, -0.1) is 0 Å². The van der Waals surface area contributed by atoms with Crippen LogP contribution in [0, 0.1) is 0 Å². The number of benzene rings is 1. The molecule has 0 saturated carbocycles. The molecule has 0 aliphatic heterocycles. The van der Waals surface area contributed by atoms with E-state index < -0.39 is 29.1 Å². The molecule has 2 aromatic rings. The zero-order chi connectivity index (χ0) is 14.7. The lowest BCUT2D eigenvalue weighted by Gasteiger charge is -2.13. The number of nitrogens with one attached hydrogen (secondary N) is 2. The highest BCUT2D eigenvalue weighted by atomic mass is 16.4. The van der Waals surface area contributed by atoms with Gasteiger partial charge in [0.05, 0.1) is 0 Å². The molecular weight excluding hydrogens is 266 g/mol. The summed E-state index contributed by atoms with van der Waals surface area (Å²) in [5.74, 6) is -1.34. The van der Waals surface area contributed by atoms with Crippen molar-refractivity contribution in [3.05, 3.63) is 67.3 Å². The summed E-state index contributed by atoms with van der Waals surface area (Å²) in [6.45, 7) is 0. The molecule has 0 bridgehead atoms. The lowest BCUT2D eigenvalue weighted by molar-refractivity contribution is -0.141. The maximum atomic E-state index is 11.6. The predicted octanol–water partition coefficient (Wildman–Crippen LogP) is -0.907. The monoisotopic (exact) mass is 277 g/mol. The van der Waals surface area contributed by atoms with Crippen molar-refractivity contribution in [1.82, 2.24) is 14.5 Å². The molecule has 0 amide bonds. The molecule has 1 atom stereocenters. The van der Waals surface area contributed by atoms with Crippen LogP contribution in [0.4, 0.5) is 0 Å². The Balaban J connectivity index is 2.51. The smallest absolute Gasteiger partial charge is 0.334 e. The Morgan fingerprint density at radius 2 is 1.65 bits per heavy atom. The molecule has 0 spiro atoms. The van der Waals surface area contributed by atoms with Crippen LogP contribution in [0.25, 0.3) is 0 Å². The third kappa shape index (κ3) is 2.74. The van der Waals surface area contributed by atoms with Gasteiger partial charge in [0, 0.05) is 6.42 Å². The molecule has 104 valence electrons. The maximum absolute atomic E-state index is 11.6. The predicted molar refractivity (Wildman–Crippen MR) is 68.8 cm³/mol. The zero-order valence-electron chi connectivity index (χ0n) is 10.2. The van der Waals surface area contributed by atoms with E-state index in [9.17, 15) is 24.3 Å². The Morgan fingerprint density at radius 3 is 2.15 bits per heavy atom. The molecule has 2 rings (SSSR count). The third-order valence-electron chi connectivity index (χ3n) is 2.75. The zero-order valence-corrected chi connectivity index (χ0v) is 10.2. The number of rotatable bonds is 4. The second kappa shape index (κ2) is 5.39. The number of carboxylic acid groups (broad SMARTS) is 1. The molecule has 0 unspecified atom stereocenters. The SMILES string of the molecule is O=C(O)[C@@H](Cc1ccccc1)n1c(=O)[nH]c(=O)[nH]c1=O. The van der Waals surface area contributed by atoms with Crippen molar-refractivity contribution in [3.63, 3.8) is 0 Å². The fourth-order valence-electron chi connectivity index (χ4n) is 1.85. The molecule has 8 nitrogen and oxygen atoms in total. The molecule has 3 N–H and O–H groups in total. The van der Waals surface area contributed by atoms with Crippen molar-refractivity contribution >= 4 is 5.97 Å². The molecule has 1 aromatic carbocycles. The number of hydrogen-bond donors (Lipinski definition) is 3. The molecule has 1 heterocycles. The largest absolute Gasteiger partial charge is 0.480 e. The average Bonchev–Trinajstić information content (AvgIpc) is 2.37. The Kier molecular flexibility index (Phi) is 3.65. The molecular formula is C12H11N3O5. The molecule has 0 saturated heterocycles. The number of aromatic nitrogens is 3. The van der Waals surface area contributed by atoms with Crippen LogP contribution in [0.2, 0.25) is 0 Å². The van der Waals surface area contributed by atoms with Crippen molar-refractivity contribution in [2.45, 2.75) is 12.5 Å². The summed E-state index contributed by atoms with van der Waals surface area (Å²) in [6.07, 6.45) is -0.0504. The standard InChI is InChI=1S/C12H11N3O5/c16-9(17)8(6-7-4-2-1-3-5-7)15-11(19)13-10(18)14-12(15)20/h1-5,8H,6H2,(H,16,17)(H2,13,14,18,19,20)/t8-/m1/s1. The number of aliphatic carboxylic acids is 1. The highest BCUT2D eigenvalue weighted by Gasteiger charge is 2.24. The van der Waals surface area contributed by atoms with Gasteiger partial charge in [0.25, 0.3) is 0 Å². The first-order valence-corrected chi connectivity index (χ1v) is 5.71. The summed E-state index contributed by atoms with van der Waals surface area (Å²) in [4.78, 5) is 49.1. The van der Waals surface area contributed by atoms with Gasteiger partial charge in [0.2, 0.25) is 0 Å².